The third-order valence-corrected chi connectivity index (χ3v) is 10.6. The van der Waals surface area contributed by atoms with Crippen LogP contribution in [0.2, 0.25) is 0 Å². The van der Waals surface area contributed by atoms with Crippen LogP contribution in [0, 0.1) is 0 Å². The quantitative estimate of drug-likeness (QED) is 0.183. The molecule has 0 saturated carbocycles. The van der Waals surface area contributed by atoms with E-state index in [-0.39, 0.29) is 0 Å². The Morgan fingerprint density at radius 1 is 0.362 bits per heavy atom. The Kier molecular flexibility index (Phi) is 5.78. The summed E-state index contributed by atoms with van der Waals surface area (Å²) in [5.41, 5.74) is 7.64. The first kappa shape index (κ1) is 26.3. The third-order valence-electron chi connectivity index (χ3n) is 9.43. The summed E-state index contributed by atoms with van der Waals surface area (Å²) in [5, 5.41) is 9.75. The van der Waals surface area contributed by atoms with E-state index in [0.29, 0.717) is 0 Å². The number of nitrogens with zero attached hydrogens (tertiary/aromatic N) is 1. The highest BCUT2D eigenvalue weighted by atomic mass is 32.1. The molecule has 0 aliphatic heterocycles. The molecule has 0 N–H and O–H groups in total. The maximum Gasteiger partial charge on any atom is 0.136 e. The lowest BCUT2D eigenvalue weighted by Gasteiger charge is -2.26. The summed E-state index contributed by atoms with van der Waals surface area (Å²) in [7, 11) is 0. The Morgan fingerprint density at radius 3 is 1.89 bits per heavy atom. The number of benzene rings is 8. The van der Waals surface area contributed by atoms with E-state index in [4.69, 9.17) is 4.42 Å². The molecule has 0 aliphatic rings. The lowest BCUT2D eigenvalue weighted by atomic mass is 9.98. The summed E-state index contributed by atoms with van der Waals surface area (Å²) in [4.78, 5) is 2.39. The van der Waals surface area contributed by atoms with E-state index in [0.717, 1.165) is 39.0 Å². The Hall–Kier alpha value is -5.90. The molecule has 0 spiro atoms. The highest BCUT2D eigenvalue weighted by Gasteiger charge is 2.17. The number of fused-ring (bicyclic) bond motifs is 9. The highest BCUT2D eigenvalue weighted by molar-refractivity contribution is 7.25. The molecule has 0 saturated heterocycles. The minimum atomic E-state index is 0.921. The van der Waals surface area contributed by atoms with Gasteiger partial charge in [0.15, 0.2) is 0 Å². The average Bonchev–Trinajstić information content (AvgIpc) is 3.69. The van der Waals surface area contributed by atoms with Crippen LogP contribution in [0.5, 0.6) is 0 Å². The predicted octanol–water partition coefficient (Wildman–Crippen LogP) is 13.4. The van der Waals surface area contributed by atoms with Gasteiger partial charge in [-0.05, 0) is 93.3 Å². The number of rotatable bonds is 4. The first-order valence-electron chi connectivity index (χ1n) is 15.9. The zero-order valence-electron chi connectivity index (χ0n) is 25.4. The van der Waals surface area contributed by atoms with Crippen molar-refractivity contribution in [2.75, 3.05) is 4.90 Å². The SMILES string of the molecule is c1ccc(-c2ccc(N(c3ccc4c(c3)sc3ccccc34)c3ccc4ccc5cc6oc7ccccc7c6cc5c4c3)cc2)cc1. The maximum atomic E-state index is 6.24. The summed E-state index contributed by atoms with van der Waals surface area (Å²) in [5.74, 6) is 0. The van der Waals surface area contributed by atoms with Gasteiger partial charge >= 0.3 is 0 Å². The summed E-state index contributed by atoms with van der Waals surface area (Å²) < 4.78 is 8.84. The molecule has 3 heteroatoms. The molecule has 2 heterocycles. The molecule has 0 fully saturated rings. The minimum Gasteiger partial charge on any atom is -0.456 e. The minimum absolute atomic E-state index is 0.921. The molecule has 0 atom stereocenters. The second-order valence-corrected chi connectivity index (χ2v) is 13.2. The number of thiophene rings is 1. The molecule has 47 heavy (non-hydrogen) atoms. The van der Waals surface area contributed by atoms with Crippen LogP contribution < -0.4 is 4.90 Å². The van der Waals surface area contributed by atoms with Crippen LogP contribution in [0.1, 0.15) is 0 Å². The Balaban J connectivity index is 1.19. The Bertz CT molecular complexity index is 2790. The molecule has 0 unspecified atom stereocenters. The molecular formula is C44H27NOS. The van der Waals surface area contributed by atoms with Gasteiger partial charge in [0.25, 0.3) is 0 Å². The van der Waals surface area contributed by atoms with Gasteiger partial charge in [-0.15, -0.1) is 11.3 Å². The second-order valence-electron chi connectivity index (χ2n) is 12.2. The normalized spacial score (nSPS) is 11.8. The topological polar surface area (TPSA) is 16.4 Å². The van der Waals surface area contributed by atoms with Gasteiger partial charge < -0.3 is 9.32 Å². The van der Waals surface area contributed by atoms with Crippen molar-refractivity contribution < 1.29 is 4.42 Å². The van der Waals surface area contributed by atoms with Crippen molar-refractivity contribution in [3.63, 3.8) is 0 Å². The van der Waals surface area contributed by atoms with E-state index >= 15 is 0 Å². The van der Waals surface area contributed by atoms with Crippen LogP contribution in [0.3, 0.4) is 0 Å². The average molecular weight is 618 g/mol. The van der Waals surface area contributed by atoms with Crippen molar-refractivity contribution in [1.82, 2.24) is 0 Å². The van der Waals surface area contributed by atoms with Crippen molar-refractivity contribution in [3.8, 4) is 11.1 Å². The Morgan fingerprint density at radius 2 is 1.00 bits per heavy atom. The van der Waals surface area contributed by atoms with Crippen LogP contribution in [-0.2, 0) is 0 Å². The van der Waals surface area contributed by atoms with Crippen molar-refractivity contribution in [2.45, 2.75) is 0 Å². The van der Waals surface area contributed by atoms with Crippen molar-refractivity contribution in [1.29, 1.82) is 0 Å². The van der Waals surface area contributed by atoms with Gasteiger partial charge in [-0.3, -0.25) is 0 Å². The number of para-hydroxylation sites is 1. The smallest absolute Gasteiger partial charge is 0.136 e. The third kappa shape index (κ3) is 4.25. The summed E-state index contributed by atoms with van der Waals surface area (Å²) >= 11 is 1.86. The lowest BCUT2D eigenvalue weighted by molar-refractivity contribution is 0.669. The molecule has 0 aliphatic carbocycles. The van der Waals surface area contributed by atoms with E-state index in [2.05, 4.69) is 157 Å². The summed E-state index contributed by atoms with van der Waals surface area (Å²) in [6, 6.07) is 59.2. The zero-order chi connectivity index (χ0) is 30.9. The number of hydrogen-bond acceptors (Lipinski definition) is 3. The van der Waals surface area contributed by atoms with Gasteiger partial charge in [0.1, 0.15) is 11.2 Å². The molecule has 2 aromatic heterocycles. The lowest BCUT2D eigenvalue weighted by Crippen LogP contribution is -2.09. The predicted molar refractivity (Wildman–Crippen MR) is 202 cm³/mol. The van der Waals surface area contributed by atoms with Crippen molar-refractivity contribution >= 4 is 92.1 Å². The van der Waals surface area contributed by atoms with Crippen molar-refractivity contribution in [2.24, 2.45) is 0 Å². The van der Waals surface area contributed by atoms with Gasteiger partial charge in [0, 0.05) is 48.0 Å². The number of furan rings is 1. The van der Waals surface area contributed by atoms with E-state index in [1.165, 1.54) is 52.8 Å². The second kappa shape index (κ2) is 10.3. The molecular weight excluding hydrogens is 591 g/mol. The molecule has 10 rings (SSSR count). The monoisotopic (exact) mass is 617 g/mol. The van der Waals surface area contributed by atoms with E-state index in [1.54, 1.807) is 0 Å². The molecule has 8 aromatic carbocycles. The van der Waals surface area contributed by atoms with Gasteiger partial charge in [-0.2, -0.15) is 0 Å². The van der Waals surface area contributed by atoms with E-state index < -0.39 is 0 Å². The van der Waals surface area contributed by atoms with Crippen LogP contribution in [0.15, 0.2) is 168 Å². The van der Waals surface area contributed by atoms with E-state index in [1.807, 2.05) is 23.5 Å². The highest BCUT2D eigenvalue weighted by Crippen LogP contribution is 2.43. The van der Waals surface area contributed by atoms with Crippen LogP contribution in [-0.4, -0.2) is 0 Å². The molecule has 0 bridgehead atoms. The fraction of sp³-hybridized carbons (Fsp3) is 0. The summed E-state index contributed by atoms with van der Waals surface area (Å²) in [6.07, 6.45) is 0. The number of hydrogen-bond donors (Lipinski definition) is 0. The largest absolute Gasteiger partial charge is 0.456 e. The number of anilines is 3. The maximum absolute atomic E-state index is 6.24. The zero-order valence-corrected chi connectivity index (χ0v) is 26.2. The van der Waals surface area contributed by atoms with Crippen molar-refractivity contribution in [3.05, 3.63) is 164 Å². The Labute approximate surface area is 275 Å². The fourth-order valence-corrected chi connectivity index (χ4v) is 8.27. The van der Waals surface area contributed by atoms with Gasteiger partial charge in [-0.25, -0.2) is 0 Å². The standard InChI is InChI=1S/C44H27NOS/c1-2-8-28(9-3-1)29-16-19-32(20-17-29)45(34-22-23-37-36-11-5-7-13-43(36)47-44(37)26-34)33-21-18-30-14-15-31-24-42-40(27-39(31)38(30)25-33)35-10-4-6-12-41(35)46-42/h1-27H. The van der Waals surface area contributed by atoms with Gasteiger partial charge in [0.05, 0.1) is 0 Å². The molecule has 10 aromatic rings. The molecule has 2 nitrogen and oxygen atoms in total. The van der Waals surface area contributed by atoms with E-state index in [9.17, 15) is 0 Å². The fourth-order valence-electron chi connectivity index (χ4n) is 7.13. The first-order chi connectivity index (χ1) is 23.3. The molecule has 0 amide bonds. The van der Waals surface area contributed by atoms with Gasteiger partial charge in [0.2, 0.25) is 0 Å². The van der Waals surface area contributed by atoms with Crippen LogP contribution in [0.4, 0.5) is 17.1 Å². The molecule has 0 radical (unpaired) electrons. The molecule has 220 valence electrons. The van der Waals surface area contributed by atoms with Crippen LogP contribution in [0.25, 0.3) is 74.8 Å². The van der Waals surface area contributed by atoms with Crippen LogP contribution >= 0.6 is 11.3 Å². The summed E-state index contributed by atoms with van der Waals surface area (Å²) in [6.45, 7) is 0. The first-order valence-corrected chi connectivity index (χ1v) is 16.7. The van der Waals surface area contributed by atoms with Gasteiger partial charge in [-0.1, -0.05) is 103 Å².